The number of rotatable bonds is 4. The van der Waals surface area contributed by atoms with Crippen LogP contribution in [0.5, 0.6) is 5.75 Å². The van der Waals surface area contributed by atoms with E-state index in [0.717, 1.165) is 18.6 Å². The molecule has 0 unspecified atom stereocenters. The number of nitrogens with two attached hydrogens (primary N) is 1. The van der Waals surface area contributed by atoms with Gasteiger partial charge in [0.25, 0.3) is 0 Å². The average Bonchev–Trinajstić information content (AvgIpc) is 2.16. The highest BCUT2D eigenvalue weighted by molar-refractivity contribution is 6.32. The fourth-order valence-corrected chi connectivity index (χ4v) is 1.45. The zero-order valence-corrected chi connectivity index (χ0v) is 9.34. The van der Waals surface area contributed by atoms with Crippen molar-refractivity contribution < 1.29 is 4.74 Å². The summed E-state index contributed by atoms with van der Waals surface area (Å²) in [6.45, 7) is 2.01. The first kappa shape index (κ1) is 11.3. The molecule has 1 atom stereocenters. The molecule has 2 N–H and O–H groups in total. The van der Waals surface area contributed by atoms with Gasteiger partial charge < -0.3 is 10.5 Å². The summed E-state index contributed by atoms with van der Waals surface area (Å²) in [5.74, 6) is 0.730. The number of hydrogen-bond donors (Lipinski definition) is 1. The first-order valence-corrected chi connectivity index (χ1v) is 5.09. The van der Waals surface area contributed by atoms with Gasteiger partial charge in [0, 0.05) is 6.04 Å². The lowest BCUT2D eigenvalue weighted by atomic mass is 10.1. The lowest BCUT2D eigenvalue weighted by Gasteiger charge is -2.07. The first-order chi connectivity index (χ1) is 6.63. The van der Waals surface area contributed by atoms with Crippen LogP contribution in [0, 0.1) is 0 Å². The maximum absolute atomic E-state index is 5.91. The highest BCUT2D eigenvalue weighted by atomic mass is 35.5. The van der Waals surface area contributed by atoms with E-state index in [1.807, 2.05) is 25.1 Å². The van der Waals surface area contributed by atoms with Crippen LogP contribution in [0.3, 0.4) is 0 Å². The van der Waals surface area contributed by atoms with Gasteiger partial charge in [0.1, 0.15) is 5.75 Å². The number of benzene rings is 1. The standard InChI is InChI=1S/C11H16ClNO/c1-8(13)3-4-9-5-6-10(12)11(7-9)14-2/h5-8H,3-4,13H2,1-2H3/t8-/m0/s1. The van der Waals surface area contributed by atoms with Gasteiger partial charge in [-0.05, 0) is 37.5 Å². The summed E-state index contributed by atoms with van der Waals surface area (Å²) in [5.41, 5.74) is 6.90. The summed E-state index contributed by atoms with van der Waals surface area (Å²) in [5, 5.41) is 0.650. The maximum atomic E-state index is 5.91. The van der Waals surface area contributed by atoms with Crippen molar-refractivity contribution in [1.29, 1.82) is 0 Å². The molecule has 2 nitrogen and oxygen atoms in total. The molecule has 78 valence electrons. The predicted octanol–water partition coefficient (Wildman–Crippen LogP) is 2.63. The number of halogens is 1. The third-order valence-electron chi connectivity index (χ3n) is 2.10. The van der Waals surface area contributed by atoms with Gasteiger partial charge in [-0.2, -0.15) is 0 Å². The molecule has 0 fully saturated rings. The quantitative estimate of drug-likeness (QED) is 0.835. The minimum Gasteiger partial charge on any atom is -0.495 e. The second kappa shape index (κ2) is 5.23. The largest absolute Gasteiger partial charge is 0.495 e. The van der Waals surface area contributed by atoms with Crippen molar-refractivity contribution >= 4 is 11.6 Å². The molecular formula is C11H16ClNO. The van der Waals surface area contributed by atoms with Crippen molar-refractivity contribution in [2.45, 2.75) is 25.8 Å². The minimum absolute atomic E-state index is 0.233. The topological polar surface area (TPSA) is 35.2 Å². The molecule has 0 aliphatic carbocycles. The Bertz CT molecular complexity index is 299. The second-order valence-corrected chi connectivity index (χ2v) is 3.89. The van der Waals surface area contributed by atoms with Gasteiger partial charge in [-0.1, -0.05) is 17.7 Å². The molecule has 14 heavy (non-hydrogen) atoms. The van der Waals surface area contributed by atoms with Gasteiger partial charge in [0.05, 0.1) is 12.1 Å². The predicted molar refractivity (Wildman–Crippen MR) is 60.0 cm³/mol. The highest BCUT2D eigenvalue weighted by Crippen LogP contribution is 2.25. The van der Waals surface area contributed by atoms with Crippen LogP contribution in [0.1, 0.15) is 18.9 Å². The Morgan fingerprint density at radius 2 is 2.21 bits per heavy atom. The van der Waals surface area contributed by atoms with E-state index >= 15 is 0 Å². The van der Waals surface area contributed by atoms with Crippen LogP contribution >= 0.6 is 11.6 Å². The Balaban J connectivity index is 2.69. The molecule has 0 heterocycles. The van der Waals surface area contributed by atoms with E-state index in [1.54, 1.807) is 7.11 Å². The summed E-state index contributed by atoms with van der Waals surface area (Å²) in [7, 11) is 1.62. The molecule has 0 radical (unpaired) electrons. The Morgan fingerprint density at radius 3 is 2.79 bits per heavy atom. The van der Waals surface area contributed by atoms with Crippen LogP contribution in [-0.2, 0) is 6.42 Å². The van der Waals surface area contributed by atoms with E-state index in [9.17, 15) is 0 Å². The molecule has 0 aliphatic heterocycles. The second-order valence-electron chi connectivity index (χ2n) is 3.48. The van der Waals surface area contributed by atoms with E-state index in [-0.39, 0.29) is 6.04 Å². The molecule has 0 aromatic heterocycles. The van der Waals surface area contributed by atoms with E-state index in [1.165, 1.54) is 5.56 Å². The number of aryl methyl sites for hydroxylation is 1. The molecule has 0 aliphatic rings. The van der Waals surface area contributed by atoms with Crippen LogP contribution in [0.25, 0.3) is 0 Å². The van der Waals surface area contributed by atoms with Crippen molar-refractivity contribution in [2.75, 3.05) is 7.11 Å². The fraction of sp³-hybridized carbons (Fsp3) is 0.455. The maximum Gasteiger partial charge on any atom is 0.137 e. The van der Waals surface area contributed by atoms with Crippen molar-refractivity contribution in [3.63, 3.8) is 0 Å². The van der Waals surface area contributed by atoms with Crippen molar-refractivity contribution in [3.05, 3.63) is 28.8 Å². The summed E-state index contributed by atoms with van der Waals surface area (Å²) in [6.07, 6.45) is 1.94. The van der Waals surface area contributed by atoms with Gasteiger partial charge in [0.2, 0.25) is 0 Å². The van der Waals surface area contributed by atoms with Gasteiger partial charge in [0.15, 0.2) is 0 Å². The average molecular weight is 214 g/mol. The molecule has 0 spiro atoms. The van der Waals surface area contributed by atoms with E-state index in [4.69, 9.17) is 22.1 Å². The van der Waals surface area contributed by atoms with Crippen molar-refractivity contribution in [2.24, 2.45) is 5.73 Å². The molecule has 3 heteroatoms. The molecule has 0 saturated heterocycles. The summed E-state index contributed by atoms with van der Waals surface area (Å²) < 4.78 is 5.13. The summed E-state index contributed by atoms with van der Waals surface area (Å²) >= 11 is 5.91. The Labute approximate surface area is 90.0 Å². The van der Waals surface area contributed by atoms with Gasteiger partial charge in [-0.15, -0.1) is 0 Å². The normalized spacial score (nSPS) is 12.6. The summed E-state index contributed by atoms with van der Waals surface area (Å²) in [4.78, 5) is 0. The van der Waals surface area contributed by atoms with Crippen LogP contribution in [0.4, 0.5) is 0 Å². The summed E-state index contributed by atoms with van der Waals surface area (Å²) in [6, 6.07) is 6.06. The lowest BCUT2D eigenvalue weighted by molar-refractivity contribution is 0.414. The van der Waals surface area contributed by atoms with Gasteiger partial charge in [-0.25, -0.2) is 0 Å². The Morgan fingerprint density at radius 1 is 1.50 bits per heavy atom. The van der Waals surface area contributed by atoms with Gasteiger partial charge >= 0.3 is 0 Å². The zero-order chi connectivity index (χ0) is 10.6. The number of methoxy groups -OCH3 is 1. The van der Waals surface area contributed by atoms with Crippen molar-refractivity contribution in [1.82, 2.24) is 0 Å². The molecule has 0 saturated carbocycles. The number of hydrogen-bond acceptors (Lipinski definition) is 2. The molecule has 1 rings (SSSR count). The van der Waals surface area contributed by atoms with E-state index < -0.39 is 0 Å². The SMILES string of the molecule is COc1cc(CC[C@H](C)N)ccc1Cl. The molecule has 0 bridgehead atoms. The van der Waals surface area contributed by atoms with Crippen LogP contribution in [0.15, 0.2) is 18.2 Å². The highest BCUT2D eigenvalue weighted by Gasteiger charge is 2.02. The van der Waals surface area contributed by atoms with E-state index in [2.05, 4.69) is 0 Å². The minimum atomic E-state index is 0.233. The Hall–Kier alpha value is -0.730. The Kier molecular flexibility index (Phi) is 4.23. The molecular weight excluding hydrogens is 198 g/mol. The molecule has 0 amide bonds. The third-order valence-corrected chi connectivity index (χ3v) is 2.42. The van der Waals surface area contributed by atoms with Crippen molar-refractivity contribution in [3.8, 4) is 5.75 Å². The molecule has 1 aromatic rings. The zero-order valence-electron chi connectivity index (χ0n) is 8.59. The smallest absolute Gasteiger partial charge is 0.137 e. The van der Waals surface area contributed by atoms with Crippen LogP contribution in [0.2, 0.25) is 5.02 Å². The number of ether oxygens (including phenoxy) is 1. The van der Waals surface area contributed by atoms with E-state index in [0.29, 0.717) is 5.02 Å². The fourth-order valence-electron chi connectivity index (χ4n) is 1.25. The molecule has 1 aromatic carbocycles. The third kappa shape index (κ3) is 3.20. The van der Waals surface area contributed by atoms with Gasteiger partial charge in [-0.3, -0.25) is 0 Å². The lowest BCUT2D eigenvalue weighted by Crippen LogP contribution is -2.15. The van der Waals surface area contributed by atoms with Crippen LogP contribution < -0.4 is 10.5 Å². The monoisotopic (exact) mass is 213 g/mol. The first-order valence-electron chi connectivity index (χ1n) is 4.71. The van der Waals surface area contributed by atoms with Crippen LogP contribution in [-0.4, -0.2) is 13.2 Å².